The lowest BCUT2D eigenvalue weighted by atomic mass is 10.0. The van der Waals surface area contributed by atoms with Gasteiger partial charge >= 0.3 is 11.9 Å². The van der Waals surface area contributed by atoms with E-state index in [-0.39, 0.29) is 6.04 Å². The van der Waals surface area contributed by atoms with E-state index in [9.17, 15) is 9.59 Å². The molecule has 0 bridgehead atoms. The lowest BCUT2D eigenvalue weighted by Gasteiger charge is -2.12. The third-order valence-corrected chi connectivity index (χ3v) is 2.11. The van der Waals surface area contributed by atoms with Crippen LogP contribution in [0.3, 0.4) is 0 Å². The summed E-state index contributed by atoms with van der Waals surface area (Å²) in [5.41, 5.74) is 5.02. The van der Waals surface area contributed by atoms with Crippen molar-refractivity contribution in [1.29, 1.82) is 0 Å². The van der Waals surface area contributed by atoms with Gasteiger partial charge in [-0.2, -0.15) is 0 Å². The molecule has 0 aromatic rings. The van der Waals surface area contributed by atoms with Crippen LogP contribution < -0.4 is 11.1 Å². The van der Waals surface area contributed by atoms with E-state index in [0.29, 0.717) is 18.8 Å². The minimum absolute atomic E-state index is 0.389. The molecule has 0 aliphatic carbocycles. The van der Waals surface area contributed by atoms with Crippen LogP contribution in [0.2, 0.25) is 0 Å². The maximum absolute atomic E-state index is 10.4. The molecule has 102 valence electrons. The first-order valence-corrected chi connectivity index (χ1v) is 5.64. The third-order valence-electron chi connectivity index (χ3n) is 2.11. The van der Waals surface area contributed by atoms with Gasteiger partial charge in [0.05, 0.1) is 0 Å². The summed E-state index contributed by atoms with van der Waals surface area (Å²) in [6.07, 6.45) is 1.18. The Morgan fingerprint density at radius 3 is 1.76 bits per heavy atom. The molecule has 1 unspecified atom stereocenters. The molecule has 0 fully saturated rings. The monoisotopic (exact) mass is 248 g/mol. The van der Waals surface area contributed by atoms with Crippen LogP contribution in [0.4, 0.5) is 0 Å². The Morgan fingerprint density at radius 1 is 1.24 bits per heavy atom. The first-order chi connectivity index (χ1) is 7.76. The van der Waals surface area contributed by atoms with Crippen LogP contribution in [-0.4, -0.2) is 41.3 Å². The molecule has 0 saturated heterocycles. The minimum atomic E-state index is -0.928. The first-order valence-electron chi connectivity index (χ1n) is 5.64. The molecule has 0 saturated carbocycles. The molecule has 0 aromatic carbocycles. The van der Waals surface area contributed by atoms with Crippen LogP contribution >= 0.6 is 0 Å². The average molecular weight is 248 g/mol. The van der Waals surface area contributed by atoms with Crippen molar-refractivity contribution < 1.29 is 19.8 Å². The van der Waals surface area contributed by atoms with E-state index in [4.69, 9.17) is 15.9 Å². The molecule has 6 heteroatoms. The molecule has 6 nitrogen and oxygen atoms in total. The number of hydrogen-bond donors (Lipinski definition) is 4. The molecule has 0 spiro atoms. The Bertz CT molecular complexity index is 232. The molecule has 0 rings (SSSR count). The van der Waals surface area contributed by atoms with Crippen molar-refractivity contribution in [3.63, 3.8) is 0 Å². The van der Waals surface area contributed by atoms with E-state index in [2.05, 4.69) is 5.32 Å². The van der Waals surface area contributed by atoms with Crippen LogP contribution in [0.25, 0.3) is 0 Å². The molecular weight excluding hydrogens is 224 g/mol. The number of rotatable bonds is 6. The van der Waals surface area contributed by atoms with Gasteiger partial charge in [-0.3, -0.25) is 9.59 Å². The number of aliphatic carboxylic acids is 2. The van der Waals surface area contributed by atoms with Gasteiger partial charge in [-0.05, 0) is 25.8 Å². The Labute approximate surface area is 102 Å². The van der Waals surface area contributed by atoms with E-state index in [1.54, 1.807) is 14.0 Å². The highest BCUT2D eigenvalue weighted by atomic mass is 16.4. The van der Waals surface area contributed by atoms with Crippen molar-refractivity contribution in [2.75, 3.05) is 7.05 Å². The van der Waals surface area contributed by atoms with E-state index in [1.165, 1.54) is 0 Å². The summed E-state index contributed by atoms with van der Waals surface area (Å²) < 4.78 is 0. The predicted octanol–water partition coefficient (Wildman–Crippen LogP) is 0.513. The Balaban J connectivity index is 0. The quantitative estimate of drug-likeness (QED) is 0.545. The zero-order chi connectivity index (χ0) is 14.0. The summed E-state index contributed by atoms with van der Waals surface area (Å²) in [6, 6.07) is -1.07. The topological polar surface area (TPSA) is 113 Å². The molecule has 0 heterocycles. The Hall–Kier alpha value is -1.14. The number of carboxylic acids is 2. The average Bonchev–Trinajstić information content (AvgIpc) is 2.24. The molecule has 0 aromatic heterocycles. The summed E-state index contributed by atoms with van der Waals surface area (Å²) in [5.74, 6) is -1.27. The number of carbonyl (C=O) groups is 2. The number of hydrogen-bond acceptors (Lipinski definition) is 4. The van der Waals surface area contributed by atoms with Crippen molar-refractivity contribution >= 4 is 11.9 Å². The molecule has 0 amide bonds. The maximum Gasteiger partial charge on any atom is 0.320 e. The molecule has 17 heavy (non-hydrogen) atoms. The largest absolute Gasteiger partial charge is 0.480 e. The number of carboxylic acid groups (broad SMARTS) is 2. The maximum atomic E-state index is 10.4. The van der Waals surface area contributed by atoms with Gasteiger partial charge in [-0.15, -0.1) is 0 Å². The molecule has 5 N–H and O–H groups in total. The summed E-state index contributed by atoms with van der Waals surface area (Å²) in [4.78, 5) is 20.2. The number of nitrogens with one attached hydrogen (secondary N) is 1. The van der Waals surface area contributed by atoms with Gasteiger partial charge in [0.1, 0.15) is 12.1 Å². The third kappa shape index (κ3) is 11.1. The van der Waals surface area contributed by atoms with Crippen LogP contribution in [0.5, 0.6) is 0 Å². The zero-order valence-corrected chi connectivity index (χ0v) is 10.9. The molecule has 0 radical (unpaired) electrons. The second-order valence-corrected chi connectivity index (χ2v) is 4.16. The minimum Gasteiger partial charge on any atom is -0.480 e. The van der Waals surface area contributed by atoms with Gasteiger partial charge in [-0.1, -0.05) is 20.8 Å². The van der Waals surface area contributed by atoms with Crippen molar-refractivity contribution in [2.24, 2.45) is 11.7 Å². The summed E-state index contributed by atoms with van der Waals surface area (Å²) >= 11 is 0. The van der Waals surface area contributed by atoms with Gasteiger partial charge in [0, 0.05) is 0 Å². The normalized spacial score (nSPS) is 13.5. The molecule has 0 aliphatic heterocycles. The lowest BCUT2D eigenvalue weighted by Crippen LogP contribution is -2.34. The van der Waals surface area contributed by atoms with E-state index in [1.807, 2.05) is 13.8 Å². The zero-order valence-electron chi connectivity index (χ0n) is 10.9. The highest BCUT2D eigenvalue weighted by Crippen LogP contribution is 2.03. The van der Waals surface area contributed by atoms with Crippen LogP contribution in [0.15, 0.2) is 0 Å². The standard InChI is InChI=1S/C7H15NO2.C4H9NO2/c1-5(2)4-6(8-3)7(9)10;1-2-3(5)4(6)7/h5-6,8H,4H2,1-3H3,(H,9,10);3H,2,5H2,1H3,(H,6,7)/t;3-/m.1/s1. The first kappa shape index (κ1) is 18.2. The Morgan fingerprint density at radius 2 is 1.71 bits per heavy atom. The van der Waals surface area contributed by atoms with E-state index in [0.717, 1.165) is 0 Å². The summed E-state index contributed by atoms with van der Waals surface area (Å²) in [6.45, 7) is 5.75. The molecule has 0 aliphatic rings. The fourth-order valence-electron chi connectivity index (χ4n) is 0.988. The summed E-state index contributed by atoms with van der Waals surface area (Å²) in [7, 11) is 1.67. The number of nitrogens with two attached hydrogens (primary N) is 1. The van der Waals surface area contributed by atoms with Crippen molar-refractivity contribution in [2.45, 2.75) is 45.7 Å². The van der Waals surface area contributed by atoms with Crippen molar-refractivity contribution in [1.82, 2.24) is 5.32 Å². The summed E-state index contributed by atoms with van der Waals surface area (Å²) in [5, 5.41) is 19.3. The van der Waals surface area contributed by atoms with Gasteiger partial charge in [0.15, 0.2) is 0 Å². The van der Waals surface area contributed by atoms with Gasteiger partial charge in [0.2, 0.25) is 0 Å². The van der Waals surface area contributed by atoms with Crippen LogP contribution in [0, 0.1) is 5.92 Å². The lowest BCUT2D eigenvalue weighted by molar-refractivity contribution is -0.140. The fraction of sp³-hybridized carbons (Fsp3) is 0.818. The van der Waals surface area contributed by atoms with Gasteiger partial charge in [0.25, 0.3) is 0 Å². The second-order valence-electron chi connectivity index (χ2n) is 4.16. The second kappa shape index (κ2) is 10.0. The van der Waals surface area contributed by atoms with Gasteiger partial charge in [-0.25, -0.2) is 0 Å². The highest BCUT2D eigenvalue weighted by Gasteiger charge is 2.15. The van der Waals surface area contributed by atoms with E-state index >= 15 is 0 Å². The number of likely N-dealkylation sites (N-methyl/N-ethyl adjacent to an activating group) is 1. The van der Waals surface area contributed by atoms with Crippen LogP contribution in [-0.2, 0) is 9.59 Å². The van der Waals surface area contributed by atoms with Crippen molar-refractivity contribution in [3.05, 3.63) is 0 Å². The van der Waals surface area contributed by atoms with Crippen LogP contribution in [0.1, 0.15) is 33.6 Å². The smallest absolute Gasteiger partial charge is 0.320 e. The fourth-order valence-corrected chi connectivity index (χ4v) is 0.988. The highest BCUT2D eigenvalue weighted by molar-refractivity contribution is 5.73. The van der Waals surface area contributed by atoms with Gasteiger partial charge < -0.3 is 21.3 Å². The molecule has 2 atom stereocenters. The Kier molecular flexibility index (Phi) is 10.8. The SMILES string of the molecule is CC[C@@H](N)C(=O)O.CNC(CC(C)C)C(=O)O. The molecular formula is C11H24N2O4. The predicted molar refractivity (Wildman–Crippen MR) is 65.8 cm³/mol. The van der Waals surface area contributed by atoms with Crippen molar-refractivity contribution in [3.8, 4) is 0 Å². The van der Waals surface area contributed by atoms with E-state index < -0.39 is 18.0 Å².